The zero-order valence-corrected chi connectivity index (χ0v) is 13.5. The van der Waals surface area contributed by atoms with Crippen LogP contribution in [-0.4, -0.2) is 20.7 Å². The minimum absolute atomic E-state index is 0.0516. The van der Waals surface area contributed by atoms with Crippen molar-refractivity contribution in [2.75, 3.05) is 0 Å². The number of carbonyl (C=O) groups excluding carboxylic acids is 1. The highest BCUT2D eigenvalue weighted by atomic mass is 16.6. The number of hydrogen-bond donors (Lipinski definition) is 0. The highest BCUT2D eigenvalue weighted by Gasteiger charge is 2.07. The molecule has 26 heavy (non-hydrogen) atoms. The molecule has 128 valence electrons. The van der Waals surface area contributed by atoms with Gasteiger partial charge in [-0.15, -0.1) is 0 Å². The van der Waals surface area contributed by atoms with Crippen molar-refractivity contribution in [3.8, 4) is 11.6 Å². The first kappa shape index (κ1) is 17.0. The van der Waals surface area contributed by atoms with Crippen molar-refractivity contribution in [3.63, 3.8) is 0 Å². The Labute approximate surface area is 148 Å². The van der Waals surface area contributed by atoms with Gasteiger partial charge in [-0.2, -0.15) is 0 Å². The summed E-state index contributed by atoms with van der Waals surface area (Å²) in [5, 5.41) is 10.6. The van der Waals surface area contributed by atoms with Gasteiger partial charge in [0.15, 0.2) is 5.78 Å². The normalized spacial score (nSPS) is 10.6. The first-order chi connectivity index (χ1) is 12.6. The third-order valence-corrected chi connectivity index (χ3v) is 3.43. The Morgan fingerprint density at radius 2 is 1.77 bits per heavy atom. The minimum atomic E-state index is -0.505. The summed E-state index contributed by atoms with van der Waals surface area (Å²) in [5.41, 5.74) is 1.14. The highest BCUT2D eigenvalue weighted by molar-refractivity contribution is 6.06. The Kier molecular flexibility index (Phi) is 5.09. The first-order valence-corrected chi connectivity index (χ1v) is 7.62. The van der Waals surface area contributed by atoms with E-state index in [0.717, 1.165) is 5.56 Å². The van der Waals surface area contributed by atoms with Crippen LogP contribution < -0.4 is 4.74 Å². The van der Waals surface area contributed by atoms with Crippen molar-refractivity contribution >= 4 is 17.5 Å². The predicted octanol–water partition coefficient (Wildman–Crippen LogP) is 4.07. The molecule has 3 rings (SSSR count). The highest BCUT2D eigenvalue weighted by Crippen LogP contribution is 2.19. The molecule has 0 aliphatic heterocycles. The van der Waals surface area contributed by atoms with E-state index in [1.54, 1.807) is 36.5 Å². The third kappa shape index (κ3) is 4.35. The van der Waals surface area contributed by atoms with Crippen LogP contribution in [0.1, 0.15) is 15.9 Å². The summed E-state index contributed by atoms with van der Waals surface area (Å²) in [6, 6.07) is 12.6. The molecule has 0 saturated heterocycles. The molecule has 0 saturated carbocycles. The van der Waals surface area contributed by atoms with Crippen molar-refractivity contribution in [2.45, 2.75) is 0 Å². The topological polar surface area (TPSA) is 95.2 Å². The van der Waals surface area contributed by atoms with E-state index in [-0.39, 0.29) is 11.5 Å². The molecule has 7 nitrogen and oxygen atoms in total. The number of hydrogen-bond acceptors (Lipinski definition) is 6. The number of ketones is 1. The Balaban J connectivity index is 1.64. The molecule has 0 radical (unpaired) electrons. The molecule has 1 heterocycles. The lowest BCUT2D eigenvalue weighted by molar-refractivity contribution is -0.384. The summed E-state index contributed by atoms with van der Waals surface area (Å²) in [4.78, 5) is 30.2. The average molecular weight is 347 g/mol. The summed E-state index contributed by atoms with van der Waals surface area (Å²) in [7, 11) is 0. The van der Waals surface area contributed by atoms with E-state index in [0.29, 0.717) is 17.2 Å². The minimum Gasteiger partial charge on any atom is -0.438 e. The van der Waals surface area contributed by atoms with Gasteiger partial charge in [-0.05, 0) is 35.9 Å². The van der Waals surface area contributed by atoms with Gasteiger partial charge in [0.2, 0.25) is 5.88 Å². The van der Waals surface area contributed by atoms with Gasteiger partial charge in [0.1, 0.15) is 5.75 Å². The van der Waals surface area contributed by atoms with E-state index in [9.17, 15) is 14.9 Å². The second-order valence-corrected chi connectivity index (χ2v) is 5.22. The van der Waals surface area contributed by atoms with Crippen molar-refractivity contribution < 1.29 is 14.5 Å². The zero-order chi connectivity index (χ0) is 18.4. The van der Waals surface area contributed by atoms with Crippen LogP contribution in [0.15, 0.2) is 73.2 Å². The van der Waals surface area contributed by atoms with E-state index < -0.39 is 4.92 Å². The van der Waals surface area contributed by atoms with Crippen LogP contribution in [-0.2, 0) is 0 Å². The molecule has 0 N–H and O–H groups in total. The second kappa shape index (κ2) is 7.80. The van der Waals surface area contributed by atoms with Gasteiger partial charge in [0.25, 0.3) is 5.69 Å². The number of rotatable bonds is 6. The van der Waals surface area contributed by atoms with Gasteiger partial charge in [0.05, 0.1) is 11.1 Å². The smallest absolute Gasteiger partial charge is 0.269 e. The molecule has 0 fully saturated rings. The monoisotopic (exact) mass is 347 g/mol. The first-order valence-electron chi connectivity index (χ1n) is 7.62. The van der Waals surface area contributed by atoms with Crippen molar-refractivity contribution in [2.24, 2.45) is 0 Å². The van der Waals surface area contributed by atoms with Crippen LogP contribution in [0.3, 0.4) is 0 Å². The fourth-order valence-corrected chi connectivity index (χ4v) is 2.12. The van der Waals surface area contributed by atoms with E-state index in [2.05, 4.69) is 9.97 Å². The standard InChI is InChI=1S/C19H13N3O4/c23-18(15-4-6-16(7-5-15)22(24)25)10-3-14-1-8-17(9-2-14)26-19-13-20-11-12-21-19/h1-13H/b10-3+. The maximum Gasteiger partial charge on any atom is 0.269 e. The lowest BCUT2D eigenvalue weighted by Crippen LogP contribution is -1.95. The van der Waals surface area contributed by atoms with E-state index in [1.807, 2.05) is 0 Å². The molecule has 0 amide bonds. The molecule has 0 unspecified atom stereocenters. The number of nitro benzene ring substituents is 1. The molecule has 0 aliphatic rings. The molecule has 7 heteroatoms. The van der Waals surface area contributed by atoms with Gasteiger partial charge in [0, 0.05) is 30.1 Å². The van der Waals surface area contributed by atoms with Crippen LogP contribution in [0, 0.1) is 10.1 Å². The van der Waals surface area contributed by atoms with Crippen LogP contribution in [0.25, 0.3) is 6.08 Å². The maximum atomic E-state index is 12.1. The molecule has 3 aromatic rings. The van der Waals surface area contributed by atoms with Gasteiger partial charge in [-0.25, -0.2) is 4.98 Å². The van der Waals surface area contributed by atoms with Gasteiger partial charge < -0.3 is 4.74 Å². The average Bonchev–Trinajstić information content (AvgIpc) is 2.68. The molecule has 2 aromatic carbocycles. The maximum absolute atomic E-state index is 12.1. The van der Waals surface area contributed by atoms with Gasteiger partial charge >= 0.3 is 0 Å². The third-order valence-electron chi connectivity index (χ3n) is 3.43. The van der Waals surface area contributed by atoms with Gasteiger partial charge in [-0.3, -0.25) is 19.9 Å². The van der Waals surface area contributed by atoms with Gasteiger partial charge in [-0.1, -0.05) is 18.2 Å². The Hall–Kier alpha value is -3.87. The second-order valence-electron chi connectivity index (χ2n) is 5.22. The predicted molar refractivity (Wildman–Crippen MR) is 95.0 cm³/mol. The SMILES string of the molecule is O=C(/C=C/c1ccc(Oc2cnccn2)cc1)c1ccc([N+](=O)[O-])cc1. The summed E-state index contributed by atoms with van der Waals surface area (Å²) in [6.45, 7) is 0. The van der Waals surface area contributed by atoms with Crippen LogP contribution >= 0.6 is 0 Å². The number of ether oxygens (including phenoxy) is 1. The molecule has 1 aromatic heterocycles. The lowest BCUT2D eigenvalue weighted by atomic mass is 10.1. The summed E-state index contributed by atoms with van der Waals surface area (Å²) >= 11 is 0. The van der Waals surface area contributed by atoms with E-state index in [1.165, 1.54) is 42.7 Å². The quantitative estimate of drug-likeness (QED) is 0.289. The molecule has 0 spiro atoms. The summed E-state index contributed by atoms with van der Waals surface area (Å²) < 4.78 is 5.54. The molecular weight excluding hydrogens is 334 g/mol. The van der Waals surface area contributed by atoms with Crippen molar-refractivity contribution in [1.29, 1.82) is 0 Å². The van der Waals surface area contributed by atoms with Crippen molar-refractivity contribution in [1.82, 2.24) is 9.97 Å². The number of nitrogens with zero attached hydrogens (tertiary/aromatic N) is 3. The van der Waals surface area contributed by atoms with Crippen LogP contribution in [0.2, 0.25) is 0 Å². The van der Waals surface area contributed by atoms with E-state index in [4.69, 9.17) is 4.74 Å². The molecular formula is C19H13N3O4. The number of aromatic nitrogens is 2. The molecule has 0 aliphatic carbocycles. The number of carbonyl (C=O) groups is 1. The Morgan fingerprint density at radius 1 is 1.04 bits per heavy atom. The summed E-state index contributed by atoms with van der Waals surface area (Å²) in [6.07, 6.45) is 7.69. The fourth-order valence-electron chi connectivity index (χ4n) is 2.12. The Morgan fingerprint density at radius 3 is 2.38 bits per heavy atom. The molecule has 0 bridgehead atoms. The van der Waals surface area contributed by atoms with E-state index >= 15 is 0 Å². The number of non-ortho nitro benzene ring substituents is 1. The Bertz CT molecular complexity index is 937. The number of benzene rings is 2. The van der Waals surface area contributed by atoms with Crippen molar-refractivity contribution in [3.05, 3.63) is 94.4 Å². The fraction of sp³-hybridized carbons (Fsp3) is 0. The van der Waals surface area contributed by atoms with Crippen LogP contribution in [0.5, 0.6) is 11.6 Å². The molecule has 0 atom stereocenters. The van der Waals surface area contributed by atoms with Crippen LogP contribution in [0.4, 0.5) is 5.69 Å². The number of nitro groups is 1. The summed E-state index contributed by atoms with van der Waals surface area (Å²) in [5.74, 6) is 0.758. The number of allylic oxidation sites excluding steroid dienone is 1. The largest absolute Gasteiger partial charge is 0.438 e. The zero-order valence-electron chi connectivity index (χ0n) is 13.5. The lowest BCUT2D eigenvalue weighted by Gasteiger charge is -2.03.